The fraction of sp³-hybridized carbons (Fsp3) is 0.565. The van der Waals surface area contributed by atoms with Crippen LogP contribution in [0.1, 0.15) is 38.7 Å². The number of hydrogen-bond acceptors (Lipinski definition) is 5. The molecule has 0 aliphatic carbocycles. The summed E-state index contributed by atoms with van der Waals surface area (Å²) in [6.07, 6.45) is 7.19. The molecule has 0 unspecified atom stereocenters. The van der Waals surface area contributed by atoms with Gasteiger partial charge in [-0.2, -0.15) is 5.10 Å². The van der Waals surface area contributed by atoms with Gasteiger partial charge in [0.05, 0.1) is 19.1 Å². The highest BCUT2D eigenvalue weighted by Gasteiger charge is 2.43. The van der Waals surface area contributed by atoms with Crippen LogP contribution in [0.2, 0.25) is 0 Å². The zero-order valence-corrected chi connectivity index (χ0v) is 17.8. The van der Waals surface area contributed by atoms with Crippen molar-refractivity contribution < 1.29 is 14.3 Å². The van der Waals surface area contributed by atoms with Crippen LogP contribution in [0.4, 0.5) is 0 Å². The third-order valence-electron chi connectivity index (χ3n) is 6.10. The van der Waals surface area contributed by atoms with Crippen molar-refractivity contribution in [3.63, 3.8) is 0 Å². The minimum atomic E-state index is -0.458. The van der Waals surface area contributed by atoms with Crippen molar-refractivity contribution in [2.24, 2.45) is 5.41 Å². The maximum Gasteiger partial charge on any atom is 0.312 e. The lowest BCUT2D eigenvalue weighted by atomic mass is 9.73. The van der Waals surface area contributed by atoms with Crippen LogP contribution < -0.4 is 4.74 Å². The predicted molar refractivity (Wildman–Crippen MR) is 113 cm³/mol. The van der Waals surface area contributed by atoms with Crippen LogP contribution in [0.15, 0.2) is 42.7 Å². The summed E-state index contributed by atoms with van der Waals surface area (Å²) in [7, 11) is 1.67. The molecule has 1 fully saturated rings. The van der Waals surface area contributed by atoms with Gasteiger partial charge in [-0.3, -0.25) is 9.48 Å². The van der Waals surface area contributed by atoms with Gasteiger partial charge in [0, 0.05) is 25.0 Å². The number of carbonyl (C=O) groups is 1. The standard InChI is InChI=1S/C23H33N3O3/c1-4-29-22(27)23(18-20-7-5-8-21(17-20)28-3)10-15-25(16-11-23)19(2)9-14-26-13-6-12-24-26/h5-8,12-13,17,19H,4,9-11,14-16,18H2,1-3H3/t19-/m1/s1. The van der Waals surface area contributed by atoms with Gasteiger partial charge in [-0.1, -0.05) is 12.1 Å². The molecule has 2 heterocycles. The van der Waals surface area contributed by atoms with Gasteiger partial charge >= 0.3 is 5.97 Å². The molecule has 0 radical (unpaired) electrons. The average molecular weight is 400 g/mol. The fourth-order valence-electron chi connectivity index (χ4n) is 4.24. The number of aromatic nitrogens is 2. The van der Waals surface area contributed by atoms with Gasteiger partial charge in [0.15, 0.2) is 0 Å². The summed E-state index contributed by atoms with van der Waals surface area (Å²) in [5.41, 5.74) is 0.665. The van der Waals surface area contributed by atoms with Crippen molar-refractivity contribution in [1.29, 1.82) is 0 Å². The first-order valence-corrected chi connectivity index (χ1v) is 10.6. The predicted octanol–water partition coefficient (Wildman–Crippen LogP) is 3.56. The van der Waals surface area contributed by atoms with Crippen molar-refractivity contribution >= 4 is 5.97 Å². The number of rotatable bonds is 9. The molecule has 2 aromatic rings. The molecule has 0 saturated carbocycles. The Labute approximate surface area is 173 Å². The summed E-state index contributed by atoms with van der Waals surface area (Å²) in [6, 6.07) is 10.4. The van der Waals surface area contributed by atoms with Crippen molar-refractivity contribution in [1.82, 2.24) is 14.7 Å². The van der Waals surface area contributed by atoms with Crippen LogP contribution in [0.5, 0.6) is 5.75 Å². The van der Waals surface area contributed by atoms with Crippen LogP contribution in [-0.4, -0.2) is 53.5 Å². The third-order valence-corrected chi connectivity index (χ3v) is 6.10. The molecule has 29 heavy (non-hydrogen) atoms. The lowest BCUT2D eigenvalue weighted by Crippen LogP contribution is -2.49. The summed E-state index contributed by atoms with van der Waals surface area (Å²) in [4.78, 5) is 15.4. The number of likely N-dealkylation sites (tertiary alicyclic amines) is 1. The van der Waals surface area contributed by atoms with E-state index in [9.17, 15) is 4.79 Å². The summed E-state index contributed by atoms with van der Waals surface area (Å²) in [5.74, 6) is 0.762. The van der Waals surface area contributed by atoms with Gasteiger partial charge in [0.1, 0.15) is 5.75 Å². The summed E-state index contributed by atoms with van der Waals surface area (Å²) < 4.78 is 12.8. The molecule has 158 valence electrons. The monoisotopic (exact) mass is 399 g/mol. The molecule has 3 rings (SSSR count). The van der Waals surface area contributed by atoms with E-state index in [0.717, 1.165) is 50.2 Å². The topological polar surface area (TPSA) is 56.6 Å². The molecule has 1 atom stereocenters. The Morgan fingerprint density at radius 2 is 2.07 bits per heavy atom. The van der Waals surface area contributed by atoms with Crippen LogP contribution in [-0.2, 0) is 22.5 Å². The summed E-state index contributed by atoms with van der Waals surface area (Å²) in [6.45, 7) is 7.29. The SMILES string of the molecule is CCOC(=O)C1(Cc2cccc(OC)c2)CCN([C@H](C)CCn2cccn2)CC1. The Morgan fingerprint density at radius 1 is 1.28 bits per heavy atom. The Balaban J connectivity index is 1.65. The van der Waals surface area contributed by atoms with E-state index in [0.29, 0.717) is 19.1 Å². The van der Waals surface area contributed by atoms with E-state index in [1.165, 1.54) is 0 Å². The average Bonchev–Trinajstić information content (AvgIpc) is 3.26. The second-order valence-electron chi connectivity index (χ2n) is 7.97. The number of aryl methyl sites for hydroxylation is 1. The number of piperidine rings is 1. The van der Waals surface area contributed by atoms with Gasteiger partial charge in [0.25, 0.3) is 0 Å². The molecule has 0 N–H and O–H groups in total. The first-order chi connectivity index (χ1) is 14.1. The first kappa shape index (κ1) is 21.4. The number of carbonyl (C=O) groups excluding carboxylic acids is 1. The summed E-state index contributed by atoms with van der Waals surface area (Å²) >= 11 is 0. The fourth-order valence-corrected chi connectivity index (χ4v) is 4.24. The van der Waals surface area contributed by atoms with E-state index in [-0.39, 0.29) is 5.97 Å². The van der Waals surface area contributed by atoms with E-state index in [2.05, 4.69) is 23.0 Å². The van der Waals surface area contributed by atoms with E-state index < -0.39 is 5.41 Å². The lowest BCUT2D eigenvalue weighted by molar-refractivity contribution is -0.159. The molecular formula is C23H33N3O3. The van der Waals surface area contributed by atoms with Gasteiger partial charge in [-0.25, -0.2) is 0 Å². The molecule has 0 amide bonds. The number of methoxy groups -OCH3 is 1. The van der Waals surface area contributed by atoms with Crippen molar-refractivity contribution in [3.8, 4) is 5.75 Å². The second-order valence-corrected chi connectivity index (χ2v) is 7.97. The Bertz CT molecular complexity index is 767. The molecule has 0 spiro atoms. The van der Waals surface area contributed by atoms with Gasteiger partial charge < -0.3 is 14.4 Å². The number of esters is 1. The zero-order valence-electron chi connectivity index (χ0n) is 17.8. The summed E-state index contributed by atoms with van der Waals surface area (Å²) in [5, 5.41) is 4.29. The quantitative estimate of drug-likeness (QED) is 0.604. The van der Waals surface area contributed by atoms with E-state index in [1.807, 2.05) is 48.3 Å². The van der Waals surface area contributed by atoms with E-state index in [1.54, 1.807) is 7.11 Å². The van der Waals surface area contributed by atoms with Crippen molar-refractivity contribution in [2.45, 2.75) is 52.1 Å². The molecule has 6 nitrogen and oxygen atoms in total. The van der Waals surface area contributed by atoms with Crippen LogP contribution >= 0.6 is 0 Å². The van der Waals surface area contributed by atoms with Crippen LogP contribution in [0.3, 0.4) is 0 Å². The first-order valence-electron chi connectivity index (χ1n) is 10.6. The molecule has 1 aromatic heterocycles. The maximum atomic E-state index is 13.0. The van der Waals surface area contributed by atoms with Gasteiger partial charge in [-0.15, -0.1) is 0 Å². The Kier molecular flexibility index (Phi) is 7.31. The molecule has 1 aromatic carbocycles. The molecular weight excluding hydrogens is 366 g/mol. The molecule has 1 aliphatic heterocycles. The molecule has 6 heteroatoms. The highest BCUT2D eigenvalue weighted by Crippen LogP contribution is 2.38. The largest absolute Gasteiger partial charge is 0.497 e. The normalized spacial score (nSPS) is 17.6. The molecule has 1 aliphatic rings. The van der Waals surface area contributed by atoms with Crippen LogP contribution in [0.25, 0.3) is 0 Å². The van der Waals surface area contributed by atoms with Gasteiger partial charge in [0.2, 0.25) is 0 Å². The minimum Gasteiger partial charge on any atom is -0.497 e. The molecule has 0 bridgehead atoms. The lowest BCUT2D eigenvalue weighted by Gasteiger charge is -2.42. The van der Waals surface area contributed by atoms with Crippen LogP contribution in [0, 0.1) is 5.41 Å². The minimum absolute atomic E-state index is 0.0633. The van der Waals surface area contributed by atoms with E-state index >= 15 is 0 Å². The maximum absolute atomic E-state index is 13.0. The molecule has 1 saturated heterocycles. The zero-order chi connectivity index (χ0) is 20.7. The van der Waals surface area contributed by atoms with Crippen molar-refractivity contribution in [3.05, 3.63) is 48.3 Å². The van der Waals surface area contributed by atoms with E-state index in [4.69, 9.17) is 9.47 Å². The number of ether oxygens (including phenoxy) is 2. The smallest absolute Gasteiger partial charge is 0.312 e. The third kappa shape index (κ3) is 5.38. The Morgan fingerprint density at radius 3 is 2.72 bits per heavy atom. The van der Waals surface area contributed by atoms with Crippen molar-refractivity contribution in [2.75, 3.05) is 26.8 Å². The Hall–Kier alpha value is -2.34. The van der Waals surface area contributed by atoms with Gasteiger partial charge in [-0.05, 0) is 76.4 Å². The number of hydrogen-bond donors (Lipinski definition) is 0. The number of benzene rings is 1. The number of nitrogens with zero attached hydrogens (tertiary/aromatic N) is 3. The highest BCUT2D eigenvalue weighted by atomic mass is 16.5. The second kappa shape index (κ2) is 9.92. The highest BCUT2D eigenvalue weighted by molar-refractivity contribution is 5.77.